The predicted octanol–water partition coefficient (Wildman–Crippen LogP) is 2.24. The minimum atomic E-state index is -0.767. The maximum atomic E-state index is 10.5. The van der Waals surface area contributed by atoms with Gasteiger partial charge in [-0.25, -0.2) is 0 Å². The van der Waals surface area contributed by atoms with Crippen LogP contribution in [0, 0.1) is 11.8 Å². The molecule has 6 atom stereocenters. The predicted molar refractivity (Wildman–Crippen MR) is 99.6 cm³/mol. The number of aliphatic hydroxyl groups excluding tert-OH is 4. The molecule has 152 valence electrons. The van der Waals surface area contributed by atoms with Crippen molar-refractivity contribution in [3.63, 3.8) is 0 Å². The molecular formula is C20H36O6. The first-order chi connectivity index (χ1) is 12.3. The van der Waals surface area contributed by atoms with Crippen LogP contribution in [0.4, 0.5) is 0 Å². The van der Waals surface area contributed by atoms with E-state index in [2.05, 4.69) is 0 Å². The summed E-state index contributed by atoms with van der Waals surface area (Å²) >= 11 is 0. The highest BCUT2D eigenvalue weighted by atomic mass is 16.4. The maximum Gasteiger partial charge on any atom is 0.303 e. The first kappa shape index (κ1) is 23.1. The molecule has 0 heterocycles. The number of unbranched alkanes of at least 4 members (excludes halogenated alkanes) is 3. The van der Waals surface area contributed by atoms with E-state index in [1.165, 1.54) is 0 Å². The summed E-state index contributed by atoms with van der Waals surface area (Å²) in [4.78, 5) is 10.5. The fourth-order valence-electron chi connectivity index (χ4n) is 3.76. The van der Waals surface area contributed by atoms with Crippen LogP contribution < -0.4 is 0 Å². The van der Waals surface area contributed by atoms with Crippen LogP contribution in [0.3, 0.4) is 0 Å². The van der Waals surface area contributed by atoms with Crippen LogP contribution in [-0.2, 0) is 4.79 Å². The van der Waals surface area contributed by atoms with Gasteiger partial charge in [-0.1, -0.05) is 31.4 Å². The van der Waals surface area contributed by atoms with Crippen molar-refractivity contribution in [3.05, 3.63) is 12.2 Å². The Morgan fingerprint density at radius 2 is 1.73 bits per heavy atom. The van der Waals surface area contributed by atoms with E-state index < -0.39 is 24.3 Å². The summed E-state index contributed by atoms with van der Waals surface area (Å²) in [6, 6.07) is 0. The van der Waals surface area contributed by atoms with Gasteiger partial charge in [-0.2, -0.15) is 0 Å². The molecular weight excluding hydrogens is 336 g/mol. The zero-order valence-electron chi connectivity index (χ0n) is 15.8. The number of rotatable bonds is 13. The Balaban J connectivity index is 2.38. The van der Waals surface area contributed by atoms with Crippen molar-refractivity contribution in [1.29, 1.82) is 0 Å². The lowest BCUT2D eigenvalue weighted by Gasteiger charge is -2.21. The molecule has 0 aromatic heterocycles. The second kappa shape index (κ2) is 12.4. The molecule has 0 saturated heterocycles. The van der Waals surface area contributed by atoms with Crippen molar-refractivity contribution in [2.24, 2.45) is 11.8 Å². The van der Waals surface area contributed by atoms with E-state index in [9.17, 15) is 25.2 Å². The van der Waals surface area contributed by atoms with Gasteiger partial charge in [0.05, 0.1) is 24.4 Å². The summed E-state index contributed by atoms with van der Waals surface area (Å²) in [6.07, 6.45) is 8.10. The number of carboxylic acids is 1. The third kappa shape index (κ3) is 9.12. The van der Waals surface area contributed by atoms with Crippen LogP contribution in [0.25, 0.3) is 0 Å². The normalized spacial score (nSPS) is 28.5. The van der Waals surface area contributed by atoms with Crippen molar-refractivity contribution < 1.29 is 30.3 Å². The van der Waals surface area contributed by atoms with Crippen LogP contribution in [0.5, 0.6) is 0 Å². The highest BCUT2D eigenvalue weighted by Gasteiger charge is 2.39. The Morgan fingerprint density at radius 1 is 1.04 bits per heavy atom. The standard InChI is InChI=1S/C20H36O6/c1-14(21)7-6-8-15(22)11-12-17-16(18(23)13-19(17)24)9-4-2-3-5-10-20(25)26/h11-12,14-19,21-24H,2-10,13H2,1H3,(H,25,26)/b12-11+/t14-,15-,16-,17-,18-,19+/m1/s1. The molecule has 0 unspecified atom stereocenters. The molecule has 0 aliphatic heterocycles. The van der Waals surface area contributed by atoms with Crippen LogP contribution in [0.2, 0.25) is 0 Å². The van der Waals surface area contributed by atoms with Crippen molar-refractivity contribution in [1.82, 2.24) is 0 Å². The first-order valence-corrected chi connectivity index (χ1v) is 9.93. The monoisotopic (exact) mass is 372 g/mol. The molecule has 0 amide bonds. The fourth-order valence-corrected chi connectivity index (χ4v) is 3.76. The highest BCUT2D eigenvalue weighted by Crippen LogP contribution is 2.37. The van der Waals surface area contributed by atoms with Crippen LogP contribution in [0.15, 0.2) is 12.2 Å². The summed E-state index contributed by atoms with van der Waals surface area (Å²) in [5.74, 6) is -0.947. The molecule has 1 aliphatic carbocycles. The molecule has 0 radical (unpaired) electrons. The lowest BCUT2D eigenvalue weighted by molar-refractivity contribution is -0.137. The van der Waals surface area contributed by atoms with Crippen molar-refractivity contribution in [3.8, 4) is 0 Å². The molecule has 5 N–H and O–H groups in total. The molecule has 26 heavy (non-hydrogen) atoms. The van der Waals surface area contributed by atoms with Gasteiger partial charge in [-0.3, -0.25) is 4.79 Å². The quantitative estimate of drug-likeness (QED) is 0.250. The molecule has 0 bridgehead atoms. The lowest BCUT2D eigenvalue weighted by Crippen LogP contribution is -2.21. The summed E-state index contributed by atoms with van der Waals surface area (Å²) < 4.78 is 0. The molecule has 1 aliphatic rings. The Labute approximate surface area is 156 Å². The number of hydrogen-bond acceptors (Lipinski definition) is 5. The second-order valence-electron chi connectivity index (χ2n) is 7.69. The highest BCUT2D eigenvalue weighted by molar-refractivity contribution is 5.66. The number of carbonyl (C=O) groups is 1. The molecule has 0 spiro atoms. The smallest absolute Gasteiger partial charge is 0.303 e. The number of aliphatic hydroxyl groups is 4. The molecule has 6 heteroatoms. The maximum absolute atomic E-state index is 10.5. The van der Waals surface area contributed by atoms with Crippen molar-refractivity contribution in [2.75, 3.05) is 0 Å². The summed E-state index contributed by atoms with van der Waals surface area (Å²) in [7, 11) is 0. The zero-order valence-corrected chi connectivity index (χ0v) is 15.8. The van der Waals surface area contributed by atoms with Gasteiger partial charge in [0.25, 0.3) is 0 Å². The van der Waals surface area contributed by atoms with E-state index in [1.807, 2.05) is 6.08 Å². The van der Waals surface area contributed by atoms with E-state index in [4.69, 9.17) is 5.11 Å². The van der Waals surface area contributed by atoms with E-state index >= 15 is 0 Å². The minimum absolute atomic E-state index is 0.0228. The van der Waals surface area contributed by atoms with Gasteiger partial charge in [-0.15, -0.1) is 0 Å². The summed E-state index contributed by atoms with van der Waals surface area (Å²) in [5.41, 5.74) is 0. The summed E-state index contributed by atoms with van der Waals surface area (Å²) in [5, 5.41) is 48.3. The van der Waals surface area contributed by atoms with Gasteiger partial charge in [0.2, 0.25) is 0 Å². The lowest BCUT2D eigenvalue weighted by atomic mass is 9.88. The molecule has 1 rings (SSSR count). The third-order valence-corrected chi connectivity index (χ3v) is 5.27. The van der Waals surface area contributed by atoms with E-state index in [0.29, 0.717) is 25.7 Å². The van der Waals surface area contributed by atoms with Crippen LogP contribution in [0.1, 0.15) is 71.1 Å². The summed E-state index contributed by atoms with van der Waals surface area (Å²) in [6.45, 7) is 1.73. The van der Waals surface area contributed by atoms with Gasteiger partial charge in [0.1, 0.15) is 0 Å². The van der Waals surface area contributed by atoms with Crippen molar-refractivity contribution in [2.45, 2.75) is 95.5 Å². The average Bonchev–Trinajstić information content (AvgIpc) is 2.81. The molecule has 0 aromatic rings. The minimum Gasteiger partial charge on any atom is -0.481 e. The zero-order chi connectivity index (χ0) is 19.5. The Hall–Kier alpha value is -0.950. The largest absolute Gasteiger partial charge is 0.481 e. The number of aliphatic carboxylic acids is 1. The molecule has 1 saturated carbocycles. The van der Waals surface area contributed by atoms with E-state index in [-0.39, 0.29) is 24.4 Å². The third-order valence-electron chi connectivity index (χ3n) is 5.27. The van der Waals surface area contributed by atoms with E-state index in [1.54, 1.807) is 13.0 Å². The second-order valence-corrected chi connectivity index (χ2v) is 7.69. The van der Waals surface area contributed by atoms with E-state index in [0.717, 1.165) is 32.1 Å². The van der Waals surface area contributed by atoms with Crippen LogP contribution in [-0.4, -0.2) is 55.9 Å². The van der Waals surface area contributed by atoms with Gasteiger partial charge >= 0.3 is 5.97 Å². The molecule has 6 nitrogen and oxygen atoms in total. The molecule has 1 fully saturated rings. The number of carboxylic acid groups (broad SMARTS) is 1. The molecule has 0 aromatic carbocycles. The van der Waals surface area contributed by atoms with Gasteiger partial charge in [0.15, 0.2) is 0 Å². The number of hydrogen-bond donors (Lipinski definition) is 5. The van der Waals surface area contributed by atoms with Crippen LogP contribution >= 0.6 is 0 Å². The van der Waals surface area contributed by atoms with Gasteiger partial charge < -0.3 is 25.5 Å². The first-order valence-electron chi connectivity index (χ1n) is 9.93. The van der Waals surface area contributed by atoms with Gasteiger partial charge in [0, 0.05) is 18.8 Å². The fraction of sp³-hybridized carbons (Fsp3) is 0.850. The Bertz CT molecular complexity index is 423. The Kier molecular flexibility index (Phi) is 11.0. The van der Waals surface area contributed by atoms with Crippen molar-refractivity contribution >= 4 is 5.97 Å². The Morgan fingerprint density at radius 3 is 2.38 bits per heavy atom. The SMILES string of the molecule is C[C@@H](O)CCC[C@@H](O)/C=C/[C@@H]1[C@@H](CCCCCCC(=O)O)[C@H](O)C[C@@H]1O. The average molecular weight is 373 g/mol. The topological polar surface area (TPSA) is 118 Å². The van der Waals surface area contributed by atoms with Gasteiger partial charge in [-0.05, 0) is 44.9 Å².